The van der Waals surface area contributed by atoms with Crippen molar-refractivity contribution >= 4 is 22.6 Å². The van der Waals surface area contributed by atoms with E-state index in [1.54, 1.807) is 10.7 Å². The Bertz CT molecular complexity index is 1160. The van der Waals surface area contributed by atoms with Crippen molar-refractivity contribution in [2.24, 2.45) is 0 Å². The number of nitrogens with one attached hydrogen (secondary N) is 2. The molecule has 2 aromatic carbocycles. The van der Waals surface area contributed by atoms with E-state index in [4.69, 9.17) is 0 Å². The van der Waals surface area contributed by atoms with Gasteiger partial charge in [-0.25, -0.2) is 9.07 Å². The third-order valence-corrected chi connectivity index (χ3v) is 5.12. The number of amides is 1. The van der Waals surface area contributed by atoms with Gasteiger partial charge in [-0.15, -0.1) is 0 Å². The van der Waals surface area contributed by atoms with Crippen LogP contribution < -0.4 is 5.32 Å². The zero-order chi connectivity index (χ0) is 18.4. The van der Waals surface area contributed by atoms with E-state index in [1.165, 1.54) is 12.1 Å². The molecule has 4 aromatic rings. The zero-order valence-electron chi connectivity index (χ0n) is 14.4. The fourth-order valence-electron chi connectivity index (χ4n) is 3.89. The van der Waals surface area contributed by atoms with Crippen LogP contribution in [0, 0.1) is 5.82 Å². The zero-order valence-corrected chi connectivity index (χ0v) is 14.4. The second kappa shape index (κ2) is 6.09. The summed E-state index contributed by atoms with van der Waals surface area (Å²) in [6, 6.07) is 14.5. The number of aromatic amines is 1. The Morgan fingerprint density at radius 3 is 2.93 bits per heavy atom. The van der Waals surface area contributed by atoms with Gasteiger partial charge >= 0.3 is 0 Å². The maximum Gasteiger partial charge on any atom is 0.226 e. The first-order valence-corrected chi connectivity index (χ1v) is 8.85. The Labute approximate surface area is 154 Å². The number of nitrogens with zero attached hydrogens (tertiary/aromatic N) is 2. The number of halogens is 1. The van der Waals surface area contributed by atoms with Gasteiger partial charge in [0.05, 0.1) is 12.7 Å². The number of carbonyl (C=O) groups excluding carboxylic acids is 1. The summed E-state index contributed by atoms with van der Waals surface area (Å²) in [7, 11) is 0. The summed E-state index contributed by atoms with van der Waals surface area (Å²) in [6.45, 7) is 0.397. The van der Waals surface area contributed by atoms with E-state index in [0.29, 0.717) is 18.8 Å². The number of rotatable bonds is 3. The van der Waals surface area contributed by atoms with Crippen LogP contribution in [0.5, 0.6) is 0 Å². The average Bonchev–Trinajstić information content (AvgIpc) is 3.28. The molecule has 0 fully saturated rings. The molecule has 0 unspecified atom stereocenters. The van der Waals surface area contributed by atoms with Gasteiger partial charge in [-0.2, -0.15) is 5.10 Å². The minimum Gasteiger partial charge on any atom is -0.361 e. The molecule has 3 heterocycles. The lowest BCUT2D eigenvalue weighted by atomic mass is 9.85. The Hall–Kier alpha value is -3.41. The lowest BCUT2D eigenvalue weighted by Gasteiger charge is -2.24. The average molecular weight is 360 g/mol. The topological polar surface area (TPSA) is 62.7 Å². The first-order chi connectivity index (χ1) is 13.2. The molecule has 0 saturated carbocycles. The van der Waals surface area contributed by atoms with Crippen molar-refractivity contribution in [1.82, 2.24) is 14.8 Å². The van der Waals surface area contributed by atoms with Gasteiger partial charge in [0.2, 0.25) is 5.91 Å². The van der Waals surface area contributed by atoms with Crippen LogP contribution in [0.3, 0.4) is 0 Å². The van der Waals surface area contributed by atoms with E-state index in [-0.39, 0.29) is 17.6 Å². The van der Waals surface area contributed by atoms with Crippen LogP contribution in [-0.2, 0) is 11.3 Å². The number of H-pyrrole nitrogens is 1. The predicted molar refractivity (Wildman–Crippen MR) is 101 cm³/mol. The van der Waals surface area contributed by atoms with Crippen LogP contribution in [0.25, 0.3) is 10.9 Å². The summed E-state index contributed by atoms with van der Waals surface area (Å²) in [5.41, 5.74) is 3.94. The SMILES string of the molecule is O=C1C[C@@H](c2cccc3[nH]ccc23)c2cnn(Cc3cccc(F)c3)c2N1. The first kappa shape index (κ1) is 15.8. The summed E-state index contributed by atoms with van der Waals surface area (Å²) < 4.78 is 15.2. The van der Waals surface area contributed by atoms with Gasteiger partial charge in [0.15, 0.2) is 0 Å². The second-order valence-electron chi connectivity index (χ2n) is 6.83. The summed E-state index contributed by atoms with van der Waals surface area (Å²) in [5.74, 6) is 0.304. The molecule has 1 aliphatic rings. The van der Waals surface area contributed by atoms with Crippen molar-refractivity contribution in [3.05, 3.63) is 83.4 Å². The number of hydrogen-bond donors (Lipinski definition) is 2. The third kappa shape index (κ3) is 2.70. The molecule has 2 N–H and O–H groups in total. The Morgan fingerprint density at radius 2 is 2.04 bits per heavy atom. The predicted octanol–water partition coefficient (Wildman–Crippen LogP) is 4.03. The normalized spacial score (nSPS) is 16.3. The number of fused-ring (bicyclic) bond motifs is 2. The number of anilines is 1. The fraction of sp³-hybridized carbons (Fsp3) is 0.143. The molecule has 1 aliphatic heterocycles. The highest BCUT2D eigenvalue weighted by molar-refractivity contribution is 5.95. The Balaban J connectivity index is 1.58. The van der Waals surface area contributed by atoms with Crippen molar-refractivity contribution in [2.45, 2.75) is 18.9 Å². The molecule has 27 heavy (non-hydrogen) atoms. The number of carbonyl (C=O) groups is 1. The highest BCUT2D eigenvalue weighted by Gasteiger charge is 2.31. The third-order valence-electron chi connectivity index (χ3n) is 5.12. The highest BCUT2D eigenvalue weighted by Crippen LogP contribution is 2.39. The standard InChI is InChI=1S/C21H17FN4O/c22-14-4-1-3-13(9-14)12-26-21-18(11-24-26)17(10-20(27)25-21)15-5-2-6-19-16(15)7-8-23-19/h1-9,11,17,23H,10,12H2,(H,25,27)/t17-/m0/s1. The first-order valence-electron chi connectivity index (χ1n) is 8.85. The minimum absolute atomic E-state index is 0.0407. The van der Waals surface area contributed by atoms with E-state index in [0.717, 1.165) is 27.6 Å². The van der Waals surface area contributed by atoms with Crippen molar-refractivity contribution < 1.29 is 9.18 Å². The van der Waals surface area contributed by atoms with Crippen LogP contribution in [0.4, 0.5) is 10.2 Å². The van der Waals surface area contributed by atoms with Crippen molar-refractivity contribution in [1.29, 1.82) is 0 Å². The van der Waals surface area contributed by atoms with Gasteiger partial charge in [-0.3, -0.25) is 4.79 Å². The van der Waals surface area contributed by atoms with Gasteiger partial charge < -0.3 is 10.3 Å². The van der Waals surface area contributed by atoms with Crippen molar-refractivity contribution in [3.8, 4) is 0 Å². The quantitative estimate of drug-likeness (QED) is 0.579. The maximum absolute atomic E-state index is 13.5. The highest BCUT2D eigenvalue weighted by atomic mass is 19.1. The lowest BCUT2D eigenvalue weighted by Crippen LogP contribution is -2.25. The molecule has 0 radical (unpaired) electrons. The summed E-state index contributed by atoms with van der Waals surface area (Å²) in [4.78, 5) is 15.6. The van der Waals surface area contributed by atoms with Crippen LogP contribution in [0.2, 0.25) is 0 Å². The van der Waals surface area contributed by atoms with Crippen LogP contribution in [0.1, 0.15) is 29.0 Å². The molecule has 1 amide bonds. The molecular weight excluding hydrogens is 343 g/mol. The number of hydrogen-bond acceptors (Lipinski definition) is 2. The number of benzene rings is 2. The van der Waals surface area contributed by atoms with Gasteiger partial charge in [0.25, 0.3) is 0 Å². The molecule has 0 saturated heterocycles. The van der Waals surface area contributed by atoms with Gasteiger partial charge in [0.1, 0.15) is 11.6 Å². The fourth-order valence-corrected chi connectivity index (χ4v) is 3.89. The maximum atomic E-state index is 13.5. The van der Waals surface area contributed by atoms with E-state index >= 15 is 0 Å². The monoisotopic (exact) mass is 360 g/mol. The van der Waals surface area contributed by atoms with Gasteiger partial charge in [-0.1, -0.05) is 24.3 Å². The Morgan fingerprint density at radius 1 is 1.15 bits per heavy atom. The van der Waals surface area contributed by atoms with E-state index in [9.17, 15) is 9.18 Å². The molecule has 2 aromatic heterocycles. The Kier molecular flexibility index (Phi) is 3.57. The second-order valence-corrected chi connectivity index (χ2v) is 6.83. The van der Waals surface area contributed by atoms with Crippen molar-refractivity contribution in [3.63, 3.8) is 0 Å². The largest absolute Gasteiger partial charge is 0.361 e. The molecule has 6 heteroatoms. The molecule has 5 rings (SSSR count). The molecule has 1 atom stereocenters. The van der Waals surface area contributed by atoms with E-state index < -0.39 is 0 Å². The summed E-state index contributed by atoms with van der Waals surface area (Å²) >= 11 is 0. The molecule has 0 spiro atoms. The molecule has 0 aliphatic carbocycles. The van der Waals surface area contributed by atoms with Crippen LogP contribution >= 0.6 is 0 Å². The van der Waals surface area contributed by atoms with E-state index in [2.05, 4.69) is 21.5 Å². The molecule has 0 bridgehead atoms. The minimum atomic E-state index is -0.283. The molecule has 134 valence electrons. The number of aromatic nitrogens is 3. The van der Waals surface area contributed by atoms with Crippen LogP contribution in [0.15, 0.2) is 60.9 Å². The molecule has 5 nitrogen and oxygen atoms in total. The summed E-state index contributed by atoms with van der Waals surface area (Å²) in [5, 5.41) is 8.53. The van der Waals surface area contributed by atoms with Crippen molar-refractivity contribution in [2.75, 3.05) is 5.32 Å². The van der Waals surface area contributed by atoms with Gasteiger partial charge in [0, 0.05) is 35.0 Å². The summed E-state index contributed by atoms with van der Waals surface area (Å²) in [6.07, 6.45) is 4.10. The van der Waals surface area contributed by atoms with Gasteiger partial charge in [-0.05, 0) is 35.4 Å². The van der Waals surface area contributed by atoms with E-state index in [1.807, 2.05) is 36.7 Å². The van der Waals surface area contributed by atoms with Crippen LogP contribution in [-0.4, -0.2) is 20.7 Å². The molecular formula is C21H17FN4O. The lowest BCUT2D eigenvalue weighted by molar-refractivity contribution is -0.116. The smallest absolute Gasteiger partial charge is 0.226 e.